The lowest BCUT2D eigenvalue weighted by Gasteiger charge is -2.18. The van der Waals surface area contributed by atoms with Gasteiger partial charge in [0, 0.05) is 13.1 Å². The van der Waals surface area contributed by atoms with Crippen LogP contribution in [0.5, 0.6) is 0 Å². The molecule has 7 heteroatoms. The summed E-state index contributed by atoms with van der Waals surface area (Å²) in [5, 5.41) is 0. The van der Waals surface area contributed by atoms with Gasteiger partial charge in [-0.1, -0.05) is 0 Å². The van der Waals surface area contributed by atoms with E-state index in [-0.39, 0.29) is 11.5 Å². The van der Waals surface area contributed by atoms with E-state index in [1.54, 1.807) is 0 Å². The third-order valence-corrected chi connectivity index (χ3v) is 4.21. The lowest BCUT2D eigenvalue weighted by atomic mass is 10.4. The summed E-state index contributed by atoms with van der Waals surface area (Å²) in [6.07, 6.45) is 3.68. The first-order chi connectivity index (χ1) is 7.57. The van der Waals surface area contributed by atoms with Gasteiger partial charge >= 0.3 is 0 Å². The molecule has 0 bridgehead atoms. The minimum Gasteiger partial charge on any atom is -0.396 e. The van der Waals surface area contributed by atoms with Crippen LogP contribution in [0.1, 0.15) is 6.42 Å². The predicted octanol–water partition coefficient (Wildman–Crippen LogP) is -0.316. The van der Waals surface area contributed by atoms with E-state index in [9.17, 15) is 8.42 Å². The molecule has 6 nitrogen and oxygen atoms in total. The Balaban J connectivity index is 2.13. The fraction of sp³-hybridized carbons (Fsp3) is 0.556. The van der Waals surface area contributed by atoms with Gasteiger partial charge in [-0.2, -0.15) is 0 Å². The summed E-state index contributed by atoms with van der Waals surface area (Å²) in [5.74, 6) is 0.963. The number of nitrogen functional groups attached to an aromatic ring is 1. The molecule has 1 aromatic heterocycles. The third kappa shape index (κ3) is 2.60. The summed E-state index contributed by atoms with van der Waals surface area (Å²) in [6, 6.07) is 0. The SMILES string of the molecule is Nc1cnc(N2CCCS(=O)(=O)CC2)nc1. The summed E-state index contributed by atoms with van der Waals surface area (Å²) < 4.78 is 22.8. The molecule has 0 aromatic carbocycles. The van der Waals surface area contributed by atoms with E-state index in [0.29, 0.717) is 31.1 Å². The summed E-state index contributed by atoms with van der Waals surface area (Å²) >= 11 is 0. The second kappa shape index (κ2) is 4.25. The second-order valence-corrected chi connectivity index (χ2v) is 6.11. The van der Waals surface area contributed by atoms with Crippen molar-refractivity contribution >= 4 is 21.5 Å². The molecule has 0 atom stereocenters. The van der Waals surface area contributed by atoms with Gasteiger partial charge in [-0.05, 0) is 6.42 Å². The highest BCUT2D eigenvalue weighted by molar-refractivity contribution is 7.91. The summed E-state index contributed by atoms with van der Waals surface area (Å²) in [7, 11) is -2.89. The topological polar surface area (TPSA) is 89.2 Å². The van der Waals surface area contributed by atoms with Crippen molar-refractivity contribution in [1.29, 1.82) is 0 Å². The molecule has 16 heavy (non-hydrogen) atoms. The highest BCUT2D eigenvalue weighted by Gasteiger charge is 2.20. The van der Waals surface area contributed by atoms with Crippen LogP contribution in [-0.4, -0.2) is 43.0 Å². The Morgan fingerprint density at radius 1 is 1.19 bits per heavy atom. The van der Waals surface area contributed by atoms with Crippen LogP contribution in [0.15, 0.2) is 12.4 Å². The molecule has 0 saturated carbocycles. The Bertz CT molecular complexity index is 457. The van der Waals surface area contributed by atoms with Gasteiger partial charge in [0.1, 0.15) is 0 Å². The first kappa shape index (κ1) is 11.1. The van der Waals surface area contributed by atoms with Crippen molar-refractivity contribution in [2.75, 3.05) is 35.2 Å². The maximum absolute atomic E-state index is 11.4. The van der Waals surface area contributed by atoms with Gasteiger partial charge in [-0.3, -0.25) is 0 Å². The number of sulfone groups is 1. The maximum Gasteiger partial charge on any atom is 0.225 e. The summed E-state index contributed by atoms with van der Waals surface area (Å²) in [5.41, 5.74) is 6.00. The van der Waals surface area contributed by atoms with Gasteiger partial charge in [0.25, 0.3) is 0 Å². The summed E-state index contributed by atoms with van der Waals surface area (Å²) in [6.45, 7) is 1.12. The van der Waals surface area contributed by atoms with Crippen molar-refractivity contribution < 1.29 is 8.42 Å². The van der Waals surface area contributed by atoms with E-state index >= 15 is 0 Å². The van der Waals surface area contributed by atoms with E-state index in [4.69, 9.17) is 5.73 Å². The predicted molar refractivity (Wildman–Crippen MR) is 61.9 cm³/mol. The average molecular weight is 242 g/mol. The molecule has 2 rings (SSSR count). The monoisotopic (exact) mass is 242 g/mol. The van der Waals surface area contributed by atoms with Crippen LogP contribution in [0.2, 0.25) is 0 Å². The first-order valence-corrected chi connectivity index (χ1v) is 6.92. The standard InChI is InChI=1S/C9H14N4O2S/c10-8-6-11-9(12-7-8)13-2-1-4-16(14,15)5-3-13/h6-7H,1-5,10H2. The Morgan fingerprint density at radius 3 is 2.56 bits per heavy atom. The molecule has 0 amide bonds. The average Bonchev–Trinajstić information content (AvgIpc) is 2.41. The second-order valence-electron chi connectivity index (χ2n) is 3.81. The van der Waals surface area contributed by atoms with Crippen molar-refractivity contribution in [2.24, 2.45) is 0 Å². The highest BCUT2D eigenvalue weighted by Crippen LogP contribution is 2.12. The van der Waals surface area contributed by atoms with Gasteiger partial charge in [-0.15, -0.1) is 0 Å². The van der Waals surface area contributed by atoms with Crippen LogP contribution in [-0.2, 0) is 9.84 Å². The Labute approximate surface area is 94.4 Å². The molecule has 1 aromatic rings. The van der Waals surface area contributed by atoms with Crippen LogP contribution in [0.3, 0.4) is 0 Å². The third-order valence-electron chi connectivity index (χ3n) is 2.50. The molecule has 2 heterocycles. The zero-order valence-electron chi connectivity index (χ0n) is 8.83. The van der Waals surface area contributed by atoms with Gasteiger partial charge < -0.3 is 10.6 Å². The smallest absolute Gasteiger partial charge is 0.225 e. The number of nitrogens with two attached hydrogens (primary N) is 1. The highest BCUT2D eigenvalue weighted by atomic mass is 32.2. The van der Waals surface area contributed by atoms with Crippen LogP contribution in [0.4, 0.5) is 11.6 Å². The van der Waals surface area contributed by atoms with E-state index in [1.807, 2.05) is 4.90 Å². The quantitative estimate of drug-likeness (QED) is 0.726. The minimum absolute atomic E-state index is 0.167. The lowest BCUT2D eigenvalue weighted by Crippen LogP contribution is -2.28. The fourth-order valence-corrected chi connectivity index (χ4v) is 2.90. The van der Waals surface area contributed by atoms with Crippen molar-refractivity contribution in [3.8, 4) is 0 Å². The van der Waals surface area contributed by atoms with E-state index in [2.05, 4.69) is 9.97 Å². The fourth-order valence-electron chi connectivity index (χ4n) is 1.63. The zero-order valence-corrected chi connectivity index (χ0v) is 9.65. The van der Waals surface area contributed by atoms with Gasteiger partial charge in [0.2, 0.25) is 5.95 Å². The molecule has 0 spiro atoms. The molecule has 0 radical (unpaired) electrons. The molecule has 1 aliphatic rings. The number of rotatable bonds is 1. The number of anilines is 2. The van der Waals surface area contributed by atoms with Crippen molar-refractivity contribution in [3.63, 3.8) is 0 Å². The molecule has 0 aliphatic carbocycles. The molecule has 1 aliphatic heterocycles. The minimum atomic E-state index is -2.89. The largest absolute Gasteiger partial charge is 0.396 e. The van der Waals surface area contributed by atoms with E-state index in [1.165, 1.54) is 12.4 Å². The normalized spacial score (nSPS) is 20.4. The van der Waals surface area contributed by atoms with Crippen LogP contribution >= 0.6 is 0 Å². The maximum atomic E-state index is 11.4. The molecule has 88 valence electrons. The molecular weight excluding hydrogens is 228 g/mol. The molecule has 1 saturated heterocycles. The lowest BCUT2D eigenvalue weighted by molar-refractivity contribution is 0.597. The number of hydrogen-bond acceptors (Lipinski definition) is 6. The number of nitrogens with zero attached hydrogens (tertiary/aromatic N) is 3. The van der Waals surface area contributed by atoms with Crippen molar-refractivity contribution in [1.82, 2.24) is 9.97 Å². The van der Waals surface area contributed by atoms with E-state index in [0.717, 1.165) is 0 Å². The number of aromatic nitrogens is 2. The molecule has 0 unspecified atom stereocenters. The van der Waals surface area contributed by atoms with Crippen LogP contribution in [0, 0.1) is 0 Å². The van der Waals surface area contributed by atoms with Crippen LogP contribution in [0.25, 0.3) is 0 Å². The van der Waals surface area contributed by atoms with Crippen LogP contribution < -0.4 is 10.6 Å². The van der Waals surface area contributed by atoms with Gasteiger partial charge in [-0.25, -0.2) is 18.4 Å². The molecule has 1 fully saturated rings. The molecule has 2 N–H and O–H groups in total. The summed E-state index contributed by atoms with van der Waals surface area (Å²) in [4.78, 5) is 10.1. The Morgan fingerprint density at radius 2 is 1.88 bits per heavy atom. The van der Waals surface area contributed by atoms with E-state index < -0.39 is 9.84 Å². The zero-order chi connectivity index (χ0) is 11.6. The van der Waals surface area contributed by atoms with Crippen molar-refractivity contribution in [2.45, 2.75) is 6.42 Å². The van der Waals surface area contributed by atoms with Crippen molar-refractivity contribution in [3.05, 3.63) is 12.4 Å². The first-order valence-electron chi connectivity index (χ1n) is 5.10. The number of hydrogen-bond donors (Lipinski definition) is 1. The Hall–Kier alpha value is -1.37. The Kier molecular flexibility index (Phi) is 2.95. The van der Waals surface area contributed by atoms with Gasteiger partial charge in [0.05, 0.1) is 29.6 Å². The molecular formula is C9H14N4O2S. The van der Waals surface area contributed by atoms with Gasteiger partial charge in [0.15, 0.2) is 9.84 Å².